The minimum Gasteiger partial charge on any atom is -0.486 e. The molecule has 1 aromatic heterocycles. The highest BCUT2D eigenvalue weighted by atomic mass is 79.9. The molecule has 2 aromatic rings. The molecule has 2 rings (SSSR count). The summed E-state index contributed by atoms with van der Waals surface area (Å²) in [6, 6.07) is 8.15. The summed E-state index contributed by atoms with van der Waals surface area (Å²) >= 11 is 5.21. The van der Waals surface area contributed by atoms with Crippen LogP contribution in [0.5, 0.6) is 5.75 Å². The van der Waals surface area contributed by atoms with Crippen LogP contribution in [0.1, 0.15) is 22.2 Å². The maximum Gasteiger partial charge on any atom is 0.145 e. The van der Waals surface area contributed by atoms with Crippen molar-refractivity contribution in [3.8, 4) is 5.75 Å². The summed E-state index contributed by atoms with van der Waals surface area (Å²) in [6.07, 6.45) is 1.07. The summed E-state index contributed by atoms with van der Waals surface area (Å²) < 4.78 is 6.81. The lowest BCUT2D eigenvalue weighted by molar-refractivity contribution is 0.309. The third kappa shape index (κ3) is 3.06. The number of benzene rings is 1. The summed E-state index contributed by atoms with van der Waals surface area (Å²) in [6.45, 7) is 4.74. The highest BCUT2D eigenvalue weighted by molar-refractivity contribution is 9.10. The first-order chi connectivity index (χ1) is 8.60. The third-order valence-electron chi connectivity index (χ3n) is 2.69. The zero-order valence-corrected chi connectivity index (χ0v) is 12.9. The van der Waals surface area contributed by atoms with Gasteiger partial charge in [0, 0.05) is 14.2 Å². The molecule has 18 heavy (non-hydrogen) atoms. The zero-order chi connectivity index (χ0) is 13.1. The fourth-order valence-corrected chi connectivity index (χ4v) is 3.25. The van der Waals surface area contributed by atoms with Gasteiger partial charge in [0.25, 0.3) is 0 Å². The van der Waals surface area contributed by atoms with Gasteiger partial charge in [-0.1, -0.05) is 22.9 Å². The van der Waals surface area contributed by atoms with Crippen molar-refractivity contribution >= 4 is 33.0 Å². The van der Waals surface area contributed by atoms with E-state index in [4.69, 9.17) is 10.5 Å². The van der Waals surface area contributed by atoms with Gasteiger partial charge in [0.2, 0.25) is 0 Å². The van der Waals surface area contributed by atoms with Crippen LogP contribution in [0.2, 0.25) is 0 Å². The second kappa shape index (κ2) is 5.76. The summed E-state index contributed by atoms with van der Waals surface area (Å²) in [7, 11) is 0. The van der Waals surface area contributed by atoms with E-state index in [2.05, 4.69) is 35.0 Å². The van der Waals surface area contributed by atoms with Crippen LogP contribution in [0.3, 0.4) is 0 Å². The van der Waals surface area contributed by atoms with Crippen LogP contribution >= 0.6 is 27.3 Å². The molecule has 0 bridgehead atoms. The normalized spacial score (nSPS) is 10.6. The molecular weight excluding hydrogens is 310 g/mol. The number of thiophene rings is 1. The standard InChI is InChI=1S/C14H16BrNOS/c1-3-11-4-5-12(18-11)8-17-14-9(2)6-10(15)7-13(14)16/h4-7H,3,8,16H2,1-2H3. The van der Waals surface area contributed by atoms with Gasteiger partial charge in [-0.3, -0.25) is 0 Å². The lowest BCUT2D eigenvalue weighted by Crippen LogP contribution is -1.99. The van der Waals surface area contributed by atoms with Crippen LogP contribution in [0.4, 0.5) is 5.69 Å². The van der Waals surface area contributed by atoms with Crippen LogP contribution in [0, 0.1) is 6.92 Å². The second-order valence-electron chi connectivity index (χ2n) is 4.15. The minimum atomic E-state index is 0.581. The van der Waals surface area contributed by atoms with E-state index in [9.17, 15) is 0 Å². The molecule has 0 aliphatic heterocycles. The van der Waals surface area contributed by atoms with E-state index in [1.807, 2.05) is 19.1 Å². The maximum atomic E-state index is 5.97. The number of ether oxygens (including phenoxy) is 1. The Balaban J connectivity index is 2.10. The summed E-state index contributed by atoms with van der Waals surface area (Å²) in [4.78, 5) is 2.61. The van der Waals surface area contributed by atoms with Crippen molar-refractivity contribution in [1.82, 2.24) is 0 Å². The number of aryl methyl sites for hydroxylation is 2. The van der Waals surface area contributed by atoms with Crippen molar-refractivity contribution in [3.63, 3.8) is 0 Å². The van der Waals surface area contributed by atoms with Crippen molar-refractivity contribution in [2.45, 2.75) is 26.9 Å². The van der Waals surface area contributed by atoms with E-state index < -0.39 is 0 Å². The Hall–Kier alpha value is -1.000. The summed E-state index contributed by atoms with van der Waals surface area (Å²) in [5.41, 5.74) is 7.69. The zero-order valence-electron chi connectivity index (χ0n) is 10.5. The number of nitrogens with two attached hydrogens (primary N) is 1. The lowest BCUT2D eigenvalue weighted by atomic mass is 10.2. The van der Waals surface area contributed by atoms with Gasteiger partial charge in [0.15, 0.2) is 0 Å². The Kier molecular flexibility index (Phi) is 4.30. The highest BCUT2D eigenvalue weighted by Gasteiger charge is 2.07. The predicted molar refractivity (Wildman–Crippen MR) is 81.3 cm³/mol. The fraction of sp³-hybridized carbons (Fsp3) is 0.286. The number of hydrogen-bond donors (Lipinski definition) is 1. The Morgan fingerprint density at radius 3 is 2.61 bits per heavy atom. The maximum absolute atomic E-state index is 5.97. The Morgan fingerprint density at radius 2 is 2.00 bits per heavy atom. The van der Waals surface area contributed by atoms with E-state index in [1.165, 1.54) is 9.75 Å². The van der Waals surface area contributed by atoms with Crippen molar-refractivity contribution in [2.24, 2.45) is 0 Å². The van der Waals surface area contributed by atoms with Gasteiger partial charge in [-0.2, -0.15) is 0 Å². The van der Waals surface area contributed by atoms with Crippen molar-refractivity contribution in [2.75, 3.05) is 5.73 Å². The van der Waals surface area contributed by atoms with Gasteiger partial charge in [-0.05, 0) is 43.2 Å². The quantitative estimate of drug-likeness (QED) is 0.837. The molecule has 0 atom stereocenters. The molecule has 4 heteroatoms. The van der Waals surface area contributed by atoms with Crippen molar-refractivity contribution in [1.29, 1.82) is 0 Å². The summed E-state index contributed by atoms with van der Waals surface area (Å²) in [5, 5.41) is 0. The SMILES string of the molecule is CCc1ccc(COc2c(C)cc(Br)cc2N)s1. The molecule has 0 saturated heterocycles. The molecule has 0 amide bonds. The molecule has 0 aliphatic rings. The number of anilines is 1. The molecular formula is C14H16BrNOS. The van der Waals surface area contributed by atoms with E-state index in [1.54, 1.807) is 11.3 Å². The first-order valence-electron chi connectivity index (χ1n) is 5.86. The molecule has 0 fully saturated rings. The molecule has 0 radical (unpaired) electrons. The smallest absolute Gasteiger partial charge is 0.145 e. The average Bonchev–Trinajstić information content (AvgIpc) is 2.75. The molecule has 1 aromatic carbocycles. The van der Waals surface area contributed by atoms with Gasteiger partial charge in [-0.25, -0.2) is 0 Å². The van der Waals surface area contributed by atoms with E-state index in [-0.39, 0.29) is 0 Å². The highest BCUT2D eigenvalue weighted by Crippen LogP contribution is 2.31. The molecule has 0 spiro atoms. The first kappa shape index (κ1) is 13.4. The van der Waals surface area contributed by atoms with E-state index >= 15 is 0 Å². The van der Waals surface area contributed by atoms with Gasteiger partial charge in [0.1, 0.15) is 12.4 Å². The van der Waals surface area contributed by atoms with Crippen LogP contribution in [0.15, 0.2) is 28.7 Å². The topological polar surface area (TPSA) is 35.2 Å². The predicted octanol–water partition coefficient (Wildman–Crippen LogP) is 4.54. The third-order valence-corrected chi connectivity index (χ3v) is 4.35. The average molecular weight is 326 g/mol. The van der Waals surface area contributed by atoms with Crippen LogP contribution < -0.4 is 10.5 Å². The number of nitrogen functional groups attached to an aromatic ring is 1. The van der Waals surface area contributed by atoms with E-state index in [0.29, 0.717) is 12.3 Å². The van der Waals surface area contributed by atoms with Crippen LogP contribution in [-0.2, 0) is 13.0 Å². The molecule has 0 aliphatic carbocycles. The van der Waals surface area contributed by atoms with Gasteiger partial charge >= 0.3 is 0 Å². The van der Waals surface area contributed by atoms with E-state index in [0.717, 1.165) is 22.2 Å². The molecule has 2 N–H and O–H groups in total. The second-order valence-corrected chi connectivity index (χ2v) is 6.32. The Bertz CT molecular complexity index is 527. The van der Waals surface area contributed by atoms with Crippen LogP contribution in [-0.4, -0.2) is 0 Å². The molecule has 0 unspecified atom stereocenters. The molecule has 0 saturated carbocycles. The van der Waals surface area contributed by atoms with Gasteiger partial charge in [0.05, 0.1) is 5.69 Å². The van der Waals surface area contributed by atoms with Gasteiger partial charge in [-0.15, -0.1) is 11.3 Å². The Morgan fingerprint density at radius 1 is 1.28 bits per heavy atom. The molecule has 1 heterocycles. The molecule has 2 nitrogen and oxygen atoms in total. The van der Waals surface area contributed by atoms with Crippen molar-refractivity contribution < 1.29 is 4.74 Å². The Labute approximate surface area is 120 Å². The first-order valence-corrected chi connectivity index (χ1v) is 7.47. The minimum absolute atomic E-state index is 0.581. The van der Waals surface area contributed by atoms with Gasteiger partial charge < -0.3 is 10.5 Å². The fourth-order valence-electron chi connectivity index (χ4n) is 1.79. The van der Waals surface area contributed by atoms with Crippen molar-refractivity contribution in [3.05, 3.63) is 44.1 Å². The monoisotopic (exact) mass is 325 g/mol. The largest absolute Gasteiger partial charge is 0.486 e. The number of rotatable bonds is 4. The number of halogens is 1. The molecule has 96 valence electrons. The lowest BCUT2D eigenvalue weighted by Gasteiger charge is -2.11. The number of hydrogen-bond acceptors (Lipinski definition) is 3. The van der Waals surface area contributed by atoms with Crippen LogP contribution in [0.25, 0.3) is 0 Å². The summed E-state index contributed by atoms with van der Waals surface area (Å²) in [5.74, 6) is 0.782.